The van der Waals surface area contributed by atoms with Gasteiger partial charge in [-0.15, -0.1) is 0 Å². The van der Waals surface area contributed by atoms with E-state index >= 15 is 0 Å². The first kappa shape index (κ1) is 13.2. The molecule has 104 valence electrons. The van der Waals surface area contributed by atoms with Crippen molar-refractivity contribution in [3.8, 4) is 0 Å². The second kappa shape index (κ2) is 5.67. The Balaban J connectivity index is 1.80. The zero-order valence-electron chi connectivity index (χ0n) is 11.1. The Labute approximate surface area is 116 Å². The predicted molar refractivity (Wildman–Crippen MR) is 73.1 cm³/mol. The molecule has 0 unspecified atom stereocenters. The van der Waals surface area contributed by atoms with Gasteiger partial charge in [-0.1, -0.05) is 6.07 Å². The van der Waals surface area contributed by atoms with Gasteiger partial charge in [0, 0.05) is 31.0 Å². The summed E-state index contributed by atoms with van der Waals surface area (Å²) in [6, 6.07) is 6.30. The Hall–Kier alpha value is -1.81. The molecule has 0 saturated heterocycles. The summed E-state index contributed by atoms with van der Waals surface area (Å²) in [4.78, 5) is 4.06. The molecule has 20 heavy (non-hydrogen) atoms. The number of rotatable bonds is 3. The van der Waals surface area contributed by atoms with Gasteiger partial charge < -0.3 is 5.32 Å². The smallest absolute Gasteiger partial charge is 0.129 e. The van der Waals surface area contributed by atoms with E-state index in [9.17, 15) is 8.78 Å². The van der Waals surface area contributed by atoms with Gasteiger partial charge in [-0.2, -0.15) is 0 Å². The molecule has 2 nitrogen and oxygen atoms in total. The largest absolute Gasteiger partial charge is 0.306 e. The van der Waals surface area contributed by atoms with E-state index in [0.29, 0.717) is 18.5 Å². The number of aromatic nitrogens is 1. The molecule has 0 spiro atoms. The van der Waals surface area contributed by atoms with Crippen LogP contribution in [0.5, 0.6) is 0 Å². The van der Waals surface area contributed by atoms with E-state index in [0.717, 1.165) is 30.0 Å². The fourth-order valence-corrected chi connectivity index (χ4v) is 2.79. The average molecular weight is 274 g/mol. The highest BCUT2D eigenvalue weighted by atomic mass is 19.1. The third-order valence-electron chi connectivity index (χ3n) is 3.77. The lowest BCUT2D eigenvalue weighted by atomic mass is 9.87. The fourth-order valence-electron chi connectivity index (χ4n) is 2.79. The van der Waals surface area contributed by atoms with Crippen LogP contribution >= 0.6 is 0 Å². The third-order valence-corrected chi connectivity index (χ3v) is 3.77. The van der Waals surface area contributed by atoms with Crippen LogP contribution in [0, 0.1) is 11.6 Å². The van der Waals surface area contributed by atoms with Gasteiger partial charge in [0.1, 0.15) is 11.6 Å². The summed E-state index contributed by atoms with van der Waals surface area (Å²) in [7, 11) is 0. The average Bonchev–Trinajstić information content (AvgIpc) is 2.46. The van der Waals surface area contributed by atoms with Crippen LogP contribution in [0.4, 0.5) is 8.78 Å². The van der Waals surface area contributed by atoms with Crippen LogP contribution in [0.25, 0.3) is 0 Å². The molecule has 0 bridgehead atoms. The lowest BCUT2D eigenvalue weighted by molar-refractivity contribution is 0.442. The number of hydrogen-bond acceptors (Lipinski definition) is 2. The Kier molecular flexibility index (Phi) is 3.74. The topological polar surface area (TPSA) is 24.9 Å². The molecule has 1 heterocycles. The number of nitrogens with one attached hydrogen (secondary N) is 1. The van der Waals surface area contributed by atoms with E-state index < -0.39 is 11.6 Å². The van der Waals surface area contributed by atoms with E-state index in [2.05, 4.69) is 10.3 Å². The van der Waals surface area contributed by atoms with Crippen molar-refractivity contribution in [2.75, 3.05) is 0 Å². The van der Waals surface area contributed by atoms with Crippen molar-refractivity contribution in [2.45, 2.75) is 31.8 Å². The van der Waals surface area contributed by atoms with Gasteiger partial charge >= 0.3 is 0 Å². The van der Waals surface area contributed by atoms with Crippen LogP contribution in [-0.4, -0.2) is 4.98 Å². The molecular formula is C16H16F2N2. The molecule has 0 radical (unpaired) electrons. The molecular weight excluding hydrogens is 258 g/mol. The zero-order valence-corrected chi connectivity index (χ0v) is 11.1. The van der Waals surface area contributed by atoms with Crippen LogP contribution in [0.2, 0.25) is 0 Å². The van der Waals surface area contributed by atoms with Crippen LogP contribution < -0.4 is 5.32 Å². The predicted octanol–water partition coefficient (Wildman–Crippen LogP) is 3.53. The summed E-state index contributed by atoms with van der Waals surface area (Å²) in [6.07, 6.45) is 6.02. The zero-order chi connectivity index (χ0) is 13.9. The summed E-state index contributed by atoms with van der Waals surface area (Å²) < 4.78 is 27.2. The van der Waals surface area contributed by atoms with Crippen molar-refractivity contribution in [1.29, 1.82) is 0 Å². The van der Waals surface area contributed by atoms with E-state index in [-0.39, 0.29) is 6.04 Å². The van der Waals surface area contributed by atoms with E-state index in [1.165, 1.54) is 6.07 Å². The van der Waals surface area contributed by atoms with Gasteiger partial charge in [0.05, 0.1) is 0 Å². The van der Waals surface area contributed by atoms with Gasteiger partial charge in [-0.05, 0) is 48.1 Å². The van der Waals surface area contributed by atoms with Crippen molar-refractivity contribution in [3.63, 3.8) is 0 Å². The molecule has 0 aliphatic heterocycles. The minimum Gasteiger partial charge on any atom is -0.306 e. The Morgan fingerprint density at radius 1 is 1.30 bits per heavy atom. The van der Waals surface area contributed by atoms with Crippen LogP contribution in [-0.2, 0) is 13.0 Å². The first-order valence-corrected chi connectivity index (χ1v) is 6.84. The minimum atomic E-state index is -0.503. The fraction of sp³-hybridized carbons (Fsp3) is 0.312. The normalized spacial score (nSPS) is 17.8. The number of pyridine rings is 1. The molecule has 4 heteroatoms. The van der Waals surface area contributed by atoms with E-state index in [1.54, 1.807) is 12.4 Å². The lowest BCUT2D eigenvalue weighted by Crippen LogP contribution is -2.25. The second-order valence-electron chi connectivity index (χ2n) is 5.14. The lowest BCUT2D eigenvalue weighted by Gasteiger charge is -2.27. The molecule has 0 amide bonds. The van der Waals surface area contributed by atoms with Crippen molar-refractivity contribution in [2.24, 2.45) is 0 Å². The molecule has 0 saturated carbocycles. The maximum Gasteiger partial charge on any atom is 0.129 e. The van der Waals surface area contributed by atoms with E-state index in [4.69, 9.17) is 0 Å². The monoisotopic (exact) mass is 274 g/mol. The number of fused-ring (bicyclic) bond motifs is 1. The summed E-state index contributed by atoms with van der Waals surface area (Å²) in [5.74, 6) is -0.927. The Morgan fingerprint density at radius 3 is 3.00 bits per heavy atom. The van der Waals surface area contributed by atoms with Gasteiger partial charge in [0.15, 0.2) is 0 Å². The number of halogens is 2. The van der Waals surface area contributed by atoms with Crippen molar-refractivity contribution in [3.05, 3.63) is 65.0 Å². The standard InChI is InChI=1S/C16H16F2N2/c17-12-7-14-13(15(18)8-12)4-1-5-16(14)20-10-11-3-2-6-19-9-11/h2-3,6-9,16,20H,1,4-5,10H2/t16-/m0/s1. The third kappa shape index (κ3) is 2.70. The molecule has 1 atom stereocenters. The molecule has 1 aliphatic carbocycles. The molecule has 2 aromatic rings. The molecule has 3 rings (SSSR count). The summed E-state index contributed by atoms with van der Waals surface area (Å²) in [6.45, 7) is 0.649. The highest BCUT2D eigenvalue weighted by molar-refractivity contribution is 5.34. The maximum absolute atomic E-state index is 13.8. The van der Waals surface area contributed by atoms with Gasteiger partial charge in [-0.25, -0.2) is 8.78 Å². The molecule has 0 fully saturated rings. The van der Waals surface area contributed by atoms with Crippen LogP contribution in [0.3, 0.4) is 0 Å². The Bertz CT molecular complexity index is 599. The van der Waals surface area contributed by atoms with E-state index in [1.807, 2.05) is 12.1 Å². The molecule has 1 aromatic heterocycles. The SMILES string of the molecule is Fc1cc(F)c2c(c1)[C@@H](NCc1cccnc1)CCC2. The second-order valence-corrected chi connectivity index (χ2v) is 5.14. The maximum atomic E-state index is 13.8. The van der Waals surface area contributed by atoms with Gasteiger partial charge in [0.25, 0.3) is 0 Å². The van der Waals surface area contributed by atoms with Crippen LogP contribution in [0.1, 0.15) is 35.6 Å². The quantitative estimate of drug-likeness (QED) is 0.926. The number of benzene rings is 1. The summed E-state index contributed by atoms with van der Waals surface area (Å²) >= 11 is 0. The summed E-state index contributed by atoms with van der Waals surface area (Å²) in [5, 5.41) is 3.38. The van der Waals surface area contributed by atoms with Gasteiger partial charge in [0.2, 0.25) is 0 Å². The van der Waals surface area contributed by atoms with Crippen molar-refractivity contribution >= 4 is 0 Å². The van der Waals surface area contributed by atoms with Gasteiger partial charge in [-0.3, -0.25) is 4.98 Å². The van der Waals surface area contributed by atoms with Crippen LogP contribution in [0.15, 0.2) is 36.7 Å². The highest BCUT2D eigenvalue weighted by Gasteiger charge is 2.23. The number of nitrogens with zero attached hydrogens (tertiary/aromatic N) is 1. The highest BCUT2D eigenvalue weighted by Crippen LogP contribution is 2.32. The minimum absolute atomic E-state index is 0.00385. The first-order valence-electron chi connectivity index (χ1n) is 6.84. The van der Waals surface area contributed by atoms with Crippen molar-refractivity contribution in [1.82, 2.24) is 10.3 Å². The molecule has 1 aliphatic rings. The molecule has 1 aromatic carbocycles. The first-order chi connectivity index (χ1) is 9.74. The Morgan fingerprint density at radius 2 is 2.20 bits per heavy atom. The summed E-state index contributed by atoms with van der Waals surface area (Å²) in [5.41, 5.74) is 2.48. The molecule has 1 N–H and O–H groups in total. The number of hydrogen-bond donors (Lipinski definition) is 1. The van der Waals surface area contributed by atoms with Crippen molar-refractivity contribution < 1.29 is 8.78 Å².